The fourth-order valence-corrected chi connectivity index (χ4v) is 2.40. The lowest BCUT2D eigenvalue weighted by Gasteiger charge is -2.38. The van der Waals surface area contributed by atoms with E-state index >= 15 is 0 Å². The average Bonchev–Trinajstić information content (AvgIpc) is 2.02. The molecule has 0 bridgehead atoms. The van der Waals surface area contributed by atoms with Gasteiger partial charge in [-0.05, 0) is 38.1 Å². The van der Waals surface area contributed by atoms with Gasteiger partial charge in [0.1, 0.15) is 0 Å². The summed E-state index contributed by atoms with van der Waals surface area (Å²) in [6.45, 7) is 5.48. The summed E-state index contributed by atoms with van der Waals surface area (Å²) in [5.41, 5.74) is 6.09. The third-order valence-corrected chi connectivity index (χ3v) is 3.47. The third kappa shape index (κ3) is 3.54. The summed E-state index contributed by atoms with van der Waals surface area (Å²) < 4.78 is 0. The van der Waals surface area contributed by atoms with Gasteiger partial charge in [0.15, 0.2) is 0 Å². The second-order valence-corrected chi connectivity index (χ2v) is 5.80. The molecule has 0 heterocycles. The van der Waals surface area contributed by atoms with E-state index in [2.05, 4.69) is 25.8 Å². The fraction of sp³-hybridized carbons (Fsp3) is 0.909. The van der Waals surface area contributed by atoms with Crippen molar-refractivity contribution >= 4 is 17.2 Å². The van der Waals surface area contributed by atoms with Crippen molar-refractivity contribution in [2.45, 2.75) is 45.6 Å². The van der Waals surface area contributed by atoms with Crippen molar-refractivity contribution in [3.63, 3.8) is 0 Å². The minimum absolute atomic E-state index is 0.542. The zero-order valence-corrected chi connectivity index (χ0v) is 10.4. The molecule has 0 atom stereocenters. The molecule has 0 spiro atoms. The van der Waals surface area contributed by atoms with Crippen molar-refractivity contribution in [2.75, 3.05) is 13.6 Å². The van der Waals surface area contributed by atoms with Crippen LogP contribution in [0.4, 0.5) is 0 Å². The normalized spacial score (nSPS) is 22.6. The highest BCUT2D eigenvalue weighted by molar-refractivity contribution is 7.80. The van der Waals surface area contributed by atoms with Crippen molar-refractivity contribution in [2.24, 2.45) is 11.1 Å². The van der Waals surface area contributed by atoms with Gasteiger partial charge in [0.25, 0.3) is 0 Å². The van der Waals surface area contributed by atoms with Crippen LogP contribution in [-0.2, 0) is 0 Å². The standard InChI is InChI=1S/C11H22N2S/c1-11(2)6-4-9(5-7-11)13(3)8-10(12)14/h9H,4-8H2,1-3H3,(H2,12,14). The molecule has 0 aromatic heterocycles. The zero-order valence-electron chi connectivity index (χ0n) is 9.55. The van der Waals surface area contributed by atoms with Crippen molar-refractivity contribution in [1.29, 1.82) is 0 Å². The van der Waals surface area contributed by atoms with Crippen LogP contribution in [0.1, 0.15) is 39.5 Å². The molecule has 1 rings (SSSR count). The van der Waals surface area contributed by atoms with E-state index in [0.29, 0.717) is 16.4 Å². The van der Waals surface area contributed by atoms with Crippen LogP contribution in [0.15, 0.2) is 0 Å². The highest BCUT2D eigenvalue weighted by atomic mass is 32.1. The minimum atomic E-state index is 0.542. The summed E-state index contributed by atoms with van der Waals surface area (Å²) in [5, 5.41) is 0. The summed E-state index contributed by atoms with van der Waals surface area (Å²) in [7, 11) is 2.13. The van der Waals surface area contributed by atoms with Crippen molar-refractivity contribution < 1.29 is 0 Å². The number of likely N-dealkylation sites (N-methyl/N-ethyl adjacent to an activating group) is 1. The van der Waals surface area contributed by atoms with Gasteiger partial charge in [-0.25, -0.2) is 0 Å². The van der Waals surface area contributed by atoms with Gasteiger partial charge in [-0.2, -0.15) is 0 Å². The van der Waals surface area contributed by atoms with Crippen LogP contribution in [-0.4, -0.2) is 29.5 Å². The molecule has 1 saturated carbocycles. The largest absolute Gasteiger partial charge is 0.392 e. The van der Waals surface area contributed by atoms with Crippen LogP contribution in [0, 0.1) is 5.41 Å². The van der Waals surface area contributed by atoms with Crippen LogP contribution in [0.25, 0.3) is 0 Å². The van der Waals surface area contributed by atoms with E-state index in [-0.39, 0.29) is 0 Å². The molecule has 82 valence electrons. The molecule has 1 fully saturated rings. The maximum Gasteiger partial charge on any atom is 0.0870 e. The van der Waals surface area contributed by atoms with Gasteiger partial charge in [-0.15, -0.1) is 0 Å². The molecule has 0 unspecified atom stereocenters. The molecule has 0 aliphatic heterocycles. The second kappa shape index (κ2) is 4.58. The maximum atomic E-state index is 5.54. The highest BCUT2D eigenvalue weighted by Crippen LogP contribution is 2.36. The van der Waals surface area contributed by atoms with E-state index in [0.717, 1.165) is 6.54 Å². The number of hydrogen-bond donors (Lipinski definition) is 1. The van der Waals surface area contributed by atoms with Crippen LogP contribution in [0.5, 0.6) is 0 Å². The van der Waals surface area contributed by atoms with Crippen LogP contribution in [0.2, 0.25) is 0 Å². The van der Waals surface area contributed by atoms with Gasteiger partial charge in [-0.3, -0.25) is 4.90 Å². The topological polar surface area (TPSA) is 29.3 Å². The summed E-state index contributed by atoms with van der Waals surface area (Å²) >= 11 is 4.92. The summed E-state index contributed by atoms with van der Waals surface area (Å²) in [6, 6.07) is 0.685. The monoisotopic (exact) mass is 214 g/mol. The van der Waals surface area contributed by atoms with Gasteiger partial charge in [-0.1, -0.05) is 26.1 Å². The van der Waals surface area contributed by atoms with E-state index < -0.39 is 0 Å². The van der Waals surface area contributed by atoms with Crippen molar-refractivity contribution in [3.8, 4) is 0 Å². The van der Waals surface area contributed by atoms with E-state index in [9.17, 15) is 0 Å². The van der Waals surface area contributed by atoms with Crippen LogP contribution < -0.4 is 5.73 Å². The molecule has 0 aromatic carbocycles. The third-order valence-electron chi connectivity index (χ3n) is 3.34. The zero-order chi connectivity index (χ0) is 10.8. The smallest absolute Gasteiger partial charge is 0.0870 e. The number of hydrogen-bond acceptors (Lipinski definition) is 2. The molecule has 0 aromatic rings. The Morgan fingerprint density at radius 1 is 1.43 bits per heavy atom. The minimum Gasteiger partial charge on any atom is -0.392 e. The van der Waals surface area contributed by atoms with Crippen LogP contribution >= 0.6 is 12.2 Å². The summed E-state index contributed by atoms with van der Waals surface area (Å²) in [4.78, 5) is 2.91. The molecular weight excluding hydrogens is 192 g/mol. The molecule has 2 N–H and O–H groups in total. The molecule has 14 heavy (non-hydrogen) atoms. The molecular formula is C11H22N2S. The Hall–Kier alpha value is -0.150. The first-order valence-corrected chi connectivity index (χ1v) is 5.80. The predicted molar refractivity (Wildman–Crippen MR) is 65.5 cm³/mol. The van der Waals surface area contributed by atoms with Gasteiger partial charge in [0.2, 0.25) is 0 Å². The van der Waals surface area contributed by atoms with E-state index in [1.165, 1.54) is 25.7 Å². The number of nitrogens with zero attached hydrogens (tertiary/aromatic N) is 1. The number of nitrogens with two attached hydrogens (primary N) is 1. The molecule has 2 nitrogen and oxygen atoms in total. The van der Waals surface area contributed by atoms with Gasteiger partial charge < -0.3 is 5.73 Å². The molecule has 0 saturated heterocycles. The van der Waals surface area contributed by atoms with E-state index in [1.807, 2.05) is 0 Å². The average molecular weight is 214 g/mol. The summed E-state index contributed by atoms with van der Waals surface area (Å²) in [6.07, 6.45) is 5.21. The lowest BCUT2D eigenvalue weighted by atomic mass is 9.75. The summed E-state index contributed by atoms with van der Waals surface area (Å²) in [5.74, 6) is 0. The molecule has 1 aliphatic rings. The Kier molecular flexibility index (Phi) is 3.90. The highest BCUT2D eigenvalue weighted by Gasteiger charge is 2.28. The predicted octanol–water partition coefficient (Wildman–Crippen LogP) is 2.17. The lowest BCUT2D eigenvalue weighted by molar-refractivity contribution is 0.139. The molecule has 1 aliphatic carbocycles. The van der Waals surface area contributed by atoms with Crippen molar-refractivity contribution in [1.82, 2.24) is 4.90 Å². The Morgan fingerprint density at radius 2 is 1.93 bits per heavy atom. The number of thiocarbonyl (C=S) groups is 1. The Balaban J connectivity index is 2.37. The Bertz CT molecular complexity index is 203. The quantitative estimate of drug-likeness (QED) is 0.730. The van der Waals surface area contributed by atoms with Gasteiger partial charge >= 0.3 is 0 Å². The second-order valence-electron chi connectivity index (χ2n) is 5.28. The van der Waals surface area contributed by atoms with Gasteiger partial charge in [0, 0.05) is 12.6 Å². The number of rotatable bonds is 3. The first-order chi connectivity index (χ1) is 6.41. The molecule has 0 amide bonds. The van der Waals surface area contributed by atoms with Gasteiger partial charge in [0.05, 0.1) is 4.99 Å². The first-order valence-electron chi connectivity index (χ1n) is 5.39. The molecule has 3 heteroatoms. The lowest BCUT2D eigenvalue weighted by Crippen LogP contribution is -2.41. The Morgan fingerprint density at radius 3 is 2.36 bits per heavy atom. The van der Waals surface area contributed by atoms with E-state index in [4.69, 9.17) is 18.0 Å². The Labute approximate surface area is 92.8 Å². The van der Waals surface area contributed by atoms with Crippen LogP contribution in [0.3, 0.4) is 0 Å². The fourth-order valence-electron chi connectivity index (χ4n) is 2.20. The SMILES string of the molecule is CN(CC(N)=S)C1CCC(C)(C)CC1. The maximum absolute atomic E-state index is 5.54. The van der Waals surface area contributed by atoms with Crippen molar-refractivity contribution in [3.05, 3.63) is 0 Å². The first kappa shape index (κ1) is 11.9. The van der Waals surface area contributed by atoms with E-state index in [1.54, 1.807) is 0 Å². The molecule has 0 radical (unpaired) electrons.